The molecule has 0 aromatic heterocycles. The van der Waals surface area contributed by atoms with Crippen LogP contribution in [0.1, 0.15) is 57.1 Å². The van der Waals surface area contributed by atoms with Crippen molar-refractivity contribution in [1.82, 2.24) is 5.32 Å². The van der Waals surface area contributed by atoms with Crippen molar-refractivity contribution in [2.45, 2.75) is 57.6 Å². The van der Waals surface area contributed by atoms with Crippen LogP contribution in [0.2, 0.25) is 0 Å². The molecule has 1 aromatic rings. The van der Waals surface area contributed by atoms with Crippen LogP contribution in [0, 0.1) is 5.41 Å². The van der Waals surface area contributed by atoms with Gasteiger partial charge in [-0.2, -0.15) is 0 Å². The van der Waals surface area contributed by atoms with Gasteiger partial charge in [-0.05, 0) is 55.8 Å². The van der Waals surface area contributed by atoms with Gasteiger partial charge in [0.2, 0.25) is 0 Å². The van der Waals surface area contributed by atoms with Gasteiger partial charge >= 0.3 is 0 Å². The predicted molar refractivity (Wildman–Crippen MR) is 78.5 cm³/mol. The van der Waals surface area contributed by atoms with Gasteiger partial charge < -0.3 is 10.1 Å². The zero-order valence-corrected chi connectivity index (χ0v) is 12.1. The second-order valence-electron chi connectivity index (χ2n) is 6.47. The lowest BCUT2D eigenvalue weighted by Crippen LogP contribution is -2.32. The molecule has 1 aromatic carbocycles. The first-order chi connectivity index (χ1) is 9.21. The molecule has 0 aliphatic heterocycles. The summed E-state index contributed by atoms with van der Waals surface area (Å²) in [6, 6.07) is 9.21. The SMILES string of the molecule is CNC(c1ccc(OC2CC2)cc1)C1(C)CCCC1. The summed E-state index contributed by atoms with van der Waals surface area (Å²) in [6.07, 6.45) is 8.34. The van der Waals surface area contributed by atoms with Crippen LogP contribution in [-0.2, 0) is 0 Å². The zero-order chi connectivity index (χ0) is 13.3. The van der Waals surface area contributed by atoms with Gasteiger partial charge in [0.05, 0.1) is 6.10 Å². The Hall–Kier alpha value is -1.02. The van der Waals surface area contributed by atoms with Gasteiger partial charge in [-0.1, -0.05) is 31.9 Å². The maximum atomic E-state index is 5.82. The first-order valence-electron chi connectivity index (χ1n) is 7.65. The summed E-state index contributed by atoms with van der Waals surface area (Å²) in [5.74, 6) is 1.03. The van der Waals surface area contributed by atoms with Gasteiger partial charge in [-0.25, -0.2) is 0 Å². The van der Waals surface area contributed by atoms with Crippen molar-refractivity contribution in [1.29, 1.82) is 0 Å². The quantitative estimate of drug-likeness (QED) is 0.860. The second-order valence-corrected chi connectivity index (χ2v) is 6.47. The van der Waals surface area contributed by atoms with Crippen LogP contribution in [0.25, 0.3) is 0 Å². The number of hydrogen-bond acceptors (Lipinski definition) is 2. The van der Waals surface area contributed by atoms with Crippen molar-refractivity contribution in [3.8, 4) is 5.75 Å². The Balaban J connectivity index is 1.74. The summed E-state index contributed by atoms with van der Waals surface area (Å²) in [6.45, 7) is 2.43. The lowest BCUT2D eigenvalue weighted by Gasteiger charge is -2.34. The molecule has 1 atom stereocenters. The number of rotatable bonds is 5. The third-order valence-corrected chi connectivity index (χ3v) is 4.77. The third-order valence-electron chi connectivity index (χ3n) is 4.77. The van der Waals surface area contributed by atoms with Gasteiger partial charge in [0.1, 0.15) is 5.75 Å². The van der Waals surface area contributed by atoms with Crippen molar-refractivity contribution in [3.63, 3.8) is 0 Å². The van der Waals surface area contributed by atoms with E-state index in [1.807, 2.05) is 0 Å². The average Bonchev–Trinajstić information content (AvgIpc) is 3.12. The van der Waals surface area contributed by atoms with Crippen LogP contribution in [0.3, 0.4) is 0 Å². The zero-order valence-electron chi connectivity index (χ0n) is 12.1. The van der Waals surface area contributed by atoms with Crippen molar-refractivity contribution < 1.29 is 4.74 Å². The van der Waals surface area contributed by atoms with Crippen LogP contribution < -0.4 is 10.1 Å². The molecule has 2 nitrogen and oxygen atoms in total. The summed E-state index contributed by atoms with van der Waals surface area (Å²) >= 11 is 0. The smallest absolute Gasteiger partial charge is 0.119 e. The highest BCUT2D eigenvalue weighted by Crippen LogP contribution is 2.47. The molecular weight excluding hydrogens is 234 g/mol. The molecule has 0 heterocycles. The Kier molecular flexibility index (Phi) is 3.53. The molecule has 2 heteroatoms. The fourth-order valence-electron chi connectivity index (χ4n) is 3.51. The van der Waals surface area contributed by atoms with E-state index in [1.54, 1.807) is 0 Å². The topological polar surface area (TPSA) is 21.3 Å². The lowest BCUT2D eigenvalue weighted by atomic mass is 9.77. The Morgan fingerprint density at radius 3 is 2.32 bits per heavy atom. The molecule has 2 aliphatic rings. The minimum absolute atomic E-state index is 0.410. The van der Waals surface area contributed by atoms with E-state index in [2.05, 4.69) is 43.6 Å². The molecular formula is C17H25NO. The lowest BCUT2D eigenvalue weighted by molar-refractivity contribution is 0.233. The second kappa shape index (κ2) is 5.16. The van der Waals surface area contributed by atoms with Crippen molar-refractivity contribution in [2.75, 3.05) is 7.05 Å². The summed E-state index contributed by atoms with van der Waals surface area (Å²) < 4.78 is 5.82. The van der Waals surface area contributed by atoms with E-state index in [9.17, 15) is 0 Å². The summed E-state index contributed by atoms with van der Waals surface area (Å²) in [7, 11) is 2.09. The van der Waals surface area contributed by atoms with E-state index in [0.29, 0.717) is 17.6 Å². The maximum absolute atomic E-state index is 5.82. The predicted octanol–water partition coefficient (Wildman–Crippen LogP) is 4.07. The first kappa shape index (κ1) is 13.0. The fraction of sp³-hybridized carbons (Fsp3) is 0.647. The molecule has 0 bridgehead atoms. The standard InChI is InChI=1S/C17H25NO/c1-17(11-3-4-12-17)16(18-2)13-5-7-14(8-6-13)19-15-9-10-15/h5-8,15-16,18H,3-4,9-12H2,1-2H3. The molecule has 0 amide bonds. The number of hydrogen-bond donors (Lipinski definition) is 1. The molecule has 104 valence electrons. The van der Waals surface area contributed by atoms with E-state index < -0.39 is 0 Å². The van der Waals surface area contributed by atoms with Gasteiger partial charge in [-0.15, -0.1) is 0 Å². The number of nitrogens with one attached hydrogen (secondary N) is 1. The van der Waals surface area contributed by atoms with Crippen LogP contribution in [0.5, 0.6) is 5.75 Å². The van der Waals surface area contributed by atoms with Crippen LogP contribution in [0.15, 0.2) is 24.3 Å². The minimum Gasteiger partial charge on any atom is -0.490 e. The summed E-state index contributed by atoms with van der Waals surface area (Å²) in [4.78, 5) is 0. The van der Waals surface area contributed by atoms with E-state index in [-0.39, 0.29) is 0 Å². The summed E-state index contributed by atoms with van der Waals surface area (Å²) in [5.41, 5.74) is 1.81. The molecule has 19 heavy (non-hydrogen) atoms. The molecule has 0 saturated heterocycles. The third kappa shape index (κ3) is 2.79. The normalized spacial score (nSPS) is 23.3. The molecule has 1 unspecified atom stereocenters. The van der Waals surface area contributed by atoms with Crippen LogP contribution >= 0.6 is 0 Å². The maximum Gasteiger partial charge on any atom is 0.119 e. The Morgan fingerprint density at radius 2 is 1.79 bits per heavy atom. The number of ether oxygens (including phenoxy) is 1. The Labute approximate surface area is 116 Å². The molecule has 2 aliphatic carbocycles. The van der Waals surface area contributed by atoms with Gasteiger partial charge in [0.25, 0.3) is 0 Å². The monoisotopic (exact) mass is 259 g/mol. The van der Waals surface area contributed by atoms with Gasteiger partial charge in [0.15, 0.2) is 0 Å². The van der Waals surface area contributed by atoms with Gasteiger partial charge in [0, 0.05) is 6.04 Å². The molecule has 0 radical (unpaired) electrons. The largest absolute Gasteiger partial charge is 0.490 e. The highest BCUT2D eigenvalue weighted by atomic mass is 16.5. The average molecular weight is 259 g/mol. The number of benzene rings is 1. The van der Waals surface area contributed by atoms with E-state index in [1.165, 1.54) is 44.1 Å². The van der Waals surface area contributed by atoms with Crippen molar-refractivity contribution in [2.24, 2.45) is 5.41 Å². The van der Waals surface area contributed by atoms with Crippen LogP contribution in [-0.4, -0.2) is 13.2 Å². The van der Waals surface area contributed by atoms with Crippen molar-refractivity contribution >= 4 is 0 Å². The Morgan fingerprint density at radius 1 is 1.16 bits per heavy atom. The van der Waals surface area contributed by atoms with Crippen LogP contribution in [0.4, 0.5) is 0 Å². The van der Waals surface area contributed by atoms with E-state index in [0.717, 1.165) is 5.75 Å². The van der Waals surface area contributed by atoms with E-state index in [4.69, 9.17) is 4.74 Å². The van der Waals surface area contributed by atoms with E-state index >= 15 is 0 Å². The molecule has 0 spiro atoms. The molecule has 3 rings (SSSR count). The minimum atomic E-state index is 0.410. The first-order valence-corrected chi connectivity index (χ1v) is 7.65. The highest BCUT2D eigenvalue weighted by molar-refractivity contribution is 5.31. The molecule has 1 N–H and O–H groups in total. The fourth-order valence-corrected chi connectivity index (χ4v) is 3.51. The van der Waals surface area contributed by atoms with Crippen molar-refractivity contribution in [3.05, 3.63) is 29.8 Å². The summed E-state index contributed by atoms with van der Waals surface area (Å²) in [5, 5.41) is 3.53. The molecule has 2 saturated carbocycles. The molecule has 2 fully saturated rings. The van der Waals surface area contributed by atoms with Gasteiger partial charge in [-0.3, -0.25) is 0 Å². The Bertz CT molecular complexity index is 415. The highest BCUT2D eigenvalue weighted by Gasteiger charge is 2.36.